The third kappa shape index (κ3) is 2.81. The minimum absolute atomic E-state index is 0.183. The molecule has 0 aliphatic heterocycles. The van der Waals surface area contributed by atoms with Gasteiger partial charge in [-0.1, -0.05) is 53.3 Å². The lowest BCUT2D eigenvalue weighted by atomic mass is 10.1. The molecule has 0 fully saturated rings. The minimum atomic E-state index is -3.74. The van der Waals surface area contributed by atoms with E-state index in [0.29, 0.717) is 26.7 Å². The number of aryl methyl sites for hydroxylation is 1. The fraction of sp³-hybridized carbons (Fsp3) is 0.0556. The monoisotopic (exact) mass is 371 g/mol. The highest BCUT2D eigenvalue weighted by Gasteiger charge is 2.18. The second kappa shape index (κ2) is 5.72. The van der Waals surface area contributed by atoms with Gasteiger partial charge >= 0.3 is 4.94 Å². The Kier molecular flexibility index (Phi) is 3.63. The molecular weight excluding hydrogens is 358 g/mol. The molecule has 3 aromatic carbocycles. The molecule has 1 aromatic heterocycles. The first-order chi connectivity index (χ1) is 11.9. The molecule has 4 rings (SSSR count). The first kappa shape index (κ1) is 15.9. The van der Waals surface area contributed by atoms with Crippen molar-refractivity contribution in [1.29, 1.82) is 0 Å². The molecule has 0 bridgehead atoms. The summed E-state index contributed by atoms with van der Waals surface area (Å²) < 4.78 is 33.9. The number of sulfonamides is 1. The van der Waals surface area contributed by atoms with E-state index >= 15 is 0 Å². The quantitative estimate of drug-likeness (QED) is 0.588. The molecule has 4 aromatic rings. The summed E-state index contributed by atoms with van der Waals surface area (Å²) in [5, 5.41) is 1.37. The van der Waals surface area contributed by atoms with Crippen LogP contribution in [0.15, 0.2) is 68.7 Å². The summed E-state index contributed by atoms with van der Waals surface area (Å²) >= 11 is 0.948. The maximum absolute atomic E-state index is 12.7. The van der Waals surface area contributed by atoms with Crippen molar-refractivity contribution in [2.75, 3.05) is 4.72 Å². The Morgan fingerprint density at radius 2 is 1.68 bits per heavy atom. The summed E-state index contributed by atoms with van der Waals surface area (Å²) in [5.74, 6) is 0. The van der Waals surface area contributed by atoms with Crippen LogP contribution >= 0.6 is 11.3 Å². The third-order valence-corrected chi connectivity index (χ3v) is 6.07. The van der Waals surface area contributed by atoms with Gasteiger partial charge in [0.15, 0.2) is 5.58 Å². The SMILES string of the molecule is Cc1ccc(S(=O)(=O)Nc2cc3sc(=O)oc3c3ccccc23)cc1. The second-order valence-electron chi connectivity index (χ2n) is 5.67. The van der Waals surface area contributed by atoms with Gasteiger partial charge in [0.1, 0.15) is 0 Å². The molecule has 0 aliphatic carbocycles. The maximum atomic E-state index is 12.7. The molecule has 0 saturated carbocycles. The summed E-state index contributed by atoms with van der Waals surface area (Å²) in [7, 11) is -3.74. The molecule has 7 heteroatoms. The molecule has 5 nitrogen and oxygen atoms in total. The van der Waals surface area contributed by atoms with Gasteiger partial charge in [0.2, 0.25) is 0 Å². The predicted molar refractivity (Wildman–Crippen MR) is 99.9 cm³/mol. The Hall–Kier alpha value is -2.64. The van der Waals surface area contributed by atoms with Gasteiger partial charge < -0.3 is 4.42 Å². The van der Waals surface area contributed by atoms with Crippen molar-refractivity contribution in [1.82, 2.24) is 0 Å². The molecule has 1 N–H and O–H groups in total. The van der Waals surface area contributed by atoms with Crippen LogP contribution in [0, 0.1) is 6.92 Å². The third-order valence-electron chi connectivity index (χ3n) is 3.92. The van der Waals surface area contributed by atoms with Crippen molar-refractivity contribution < 1.29 is 12.8 Å². The summed E-state index contributed by atoms with van der Waals surface area (Å²) in [6.07, 6.45) is 0. The normalized spacial score (nSPS) is 11.9. The van der Waals surface area contributed by atoms with E-state index in [4.69, 9.17) is 4.42 Å². The molecule has 0 radical (unpaired) electrons. The lowest BCUT2D eigenvalue weighted by molar-refractivity contribution is 0.588. The van der Waals surface area contributed by atoms with Crippen LogP contribution in [0.4, 0.5) is 5.69 Å². The fourth-order valence-corrected chi connectivity index (χ4v) is 4.50. The highest BCUT2D eigenvalue weighted by molar-refractivity contribution is 7.92. The van der Waals surface area contributed by atoms with Crippen LogP contribution in [0.25, 0.3) is 21.1 Å². The number of hydrogen-bond donors (Lipinski definition) is 1. The van der Waals surface area contributed by atoms with E-state index in [9.17, 15) is 13.2 Å². The van der Waals surface area contributed by atoms with Crippen molar-refractivity contribution in [3.63, 3.8) is 0 Å². The number of nitrogens with one attached hydrogen (secondary N) is 1. The van der Waals surface area contributed by atoms with Gasteiger partial charge in [0, 0.05) is 10.8 Å². The lowest BCUT2D eigenvalue weighted by Crippen LogP contribution is -2.13. The van der Waals surface area contributed by atoms with Crippen LogP contribution in [-0.4, -0.2) is 8.42 Å². The van der Waals surface area contributed by atoms with Gasteiger partial charge in [-0.2, -0.15) is 0 Å². The summed E-state index contributed by atoms with van der Waals surface area (Å²) in [5.41, 5.74) is 1.87. The van der Waals surface area contributed by atoms with Gasteiger partial charge in [-0.3, -0.25) is 4.72 Å². The average molecular weight is 371 g/mol. The summed E-state index contributed by atoms with van der Waals surface area (Å²) in [6.45, 7) is 1.89. The van der Waals surface area contributed by atoms with Gasteiger partial charge in [-0.25, -0.2) is 13.2 Å². The van der Waals surface area contributed by atoms with Crippen LogP contribution in [-0.2, 0) is 10.0 Å². The zero-order chi connectivity index (χ0) is 17.6. The average Bonchev–Trinajstić information content (AvgIpc) is 2.95. The second-order valence-corrected chi connectivity index (χ2v) is 8.33. The standard InChI is InChI=1S/C18H13NO4S2/c1-11-6-8-12(9-7-11)25(21,22)19-15-10-16-17(23-18(20)24-16)14-5-3-2-4-13(14)15/h2-10,19H,1H3. The van der Waals surface area contributed by atoms with Gasteiger partial charge in [0.05, 0.1) is 15.3 Å². The van der Waals surface area contributed by atoms with Crippen molar-refractivity contribution in [2.45, 2.75) is 11.8 Å². The summed E-state index contributed by atoms with van der Waals surface area (Å²) in [6, 6.07) is 15.5. The van der Waals surface area contributed by atoms with E-state index < -0.39 is 15.0 Å². The van der Waals surface area contributed by atoms with Crippen LogP contribution in [0.5, 0.6) is 0 Å². The first-order valence-electron chi connectivity index (χ1n) is 7.49. The van der Waals surface area contributed by atoms with E-state index in [2.05, 4.69) is 4.72 Å². The van der Waals surface area contributed by atoms with E-state index in [1.807, 2.05) is 19.1 Å². The molecule has 25 heavy (non-hydrogen) atoms. The van der Waals surface area contributed by atoms with E-state index in [1.54, 1.807) is 42.5 Å². The van der Waals surface area contributed by atoms with Crippen LogP contribution in [0.3, 0.4) is 0 Å². The van der Waals surface area contributed by atoms with Crippen molar-refractivity contribution in [2.24, 2.45) is 0 Å². The zero-order valence-corrected chi connectivity index (χ0v) is 14.8. The predicted octanol–water partition coefficient (Wildman–Crippen LogP) is 4.12. The van der Waals surface area contributed by atoms with E-state index in [-0.39, 0.29) is 4.90 Å². The van der Waals surface area contributed by atoms with Crippen LogP contribution in [0.1, 0.15) is 5.56 Å². The molecule has 0 unspecified atom stereocenters. The Morgan fingerprint density at radius 3 is 2.40 bits per heavy atom. The molecule has 0 atom stereocenters. The number of fused-ring (bicyclic) bond motifs is 3. The van der Waals surface area contributed by atoms with Gasteiger partial charge in [-0.15, -0.1) is 0 Å². The molecule has 126 valence electrons. The van der Waals surface area contributed by atoms with E-state index in [0.717, 1.165) is 16.9 Å². The van der Waals surface area contributed by atoms with Gasteiger partial charge in [0.25, 0.3) is 10.0 Å². The molecule has 0 saturated heterocycles. The highest BCUT2D eigenvalue weighted by Crippen LogP contribution is 2.34. The maximum Gasteiger partial charge on any atom is 0.396 e. The Morgan fingerprint density at radius 1 is 1.00 bits per heavy atom. The number of benzene rings is 3. The smallest absolute Gasteiger partial charge is 0.396 e. The number of hydrogen-bond acceptors (Lipinski definition) is 5. The molecular formula is C18H13NO4S2. The number of anilines is 1. The fourth-order valence-electron chi connectivity index (χ4n) is 2.70. The topological polar surface area (TPSA) is 76.4 Å². The Bertz CT molecular complexity index is 1250. The molecule has 0 amide bonds. The molecule has 0 spiro atoms. The zero-order valence-electron chi connectivity index (χ0n) is 13.1. The number of rotatable bonds is 3. The minimum Gasteiger partial charge on any atom is -0.413 e. The van der Waals surface area contributed by atoms with Crippen LogP contribution in [0.2, 0.25) is 0 Å². The van der Waals surface area contributed by atoms with Crippen molar-refractivity contribution in [3.8, 4) is 0 Å². The highest BCUT2D eigenvalue weighted by atomic mass is 32.2. The molecule has 0 aliphatic rings. The lowest BCUT2D eigenvalue weighted by Gasteiger charge is -2.11. The Balaban J connectivity index is 1.91. The Labute approximate surface area is 147 Å². The van der Waals surface area contributed by atoms with Crippen LogP contribution < -0.4 is 9.66 Å². The van der Waals surface area contributed by atoms with Crippen molar-refractivity contribution >= 4 is 48.1 Å². The summed E-state index contributed by atoms with van der Waals surface area (Å²) in [4.78, 5) is 11.4. The first-order valence-corrected chi connectivity index (χ1v) is 9.79. The largest absolute Gasteiger partial charge is 0.413 e. The van der Waals surface area contributed by atoms with E-state index in [1.165, 1.54) is 0 Å². The van der Waals surface area contributed by atoms with Crippen molar-refractivity contribution in [3.05, 3.63) is 69.9 Å². The van der Waals surface area contributed by atoms with Gasteiger partial charge in [-0.05, 0) is 25.1 Å². The molecule has 1 heterocycles.